The highest BCUT2D eigenvalue weighted by Gasteiger charge is 2.49. The predicted octanol–water partition coefficient (Wildman–Crippen LogP) is 4.18. The van der Waals surface area contributed by atoms with E-state index in [1.54, 1.807) is 6.92 Å². The van der Waals surface area contributed by atoms with Gasteiger partial charge in [0.15, 0.2) is 0 Å². The molecule has 2 aromatic rings. The minimum absolute atomic E-state index is 0.0459. The fourth-order valence-corrected chi connectivity index (χ4v) is 3.44. The molecule has 0 aliphatic carbocycles. The molecule has 158 valence electrons. The highest BCUT2D eigenvalue weighted by atomic mass is 35.5. The van der Waals surface area contributed by atoms with Crippen molar-refractivity contribution in [1.82, 2.24) is 10.2 Å². The maximum Gasteiger partial charge on any atom is 0.325 e. The summed E-state index contributed by atoms with van der Waals surface area (Å²) < 4.78 is 13.3. The van der Waals surface area contributed by atoms with Gasteiger partial charge in [-0.3, -0.25) is 14.5 Å². The lowest BCUT2D eigenvalue weighted by Crippen LogP contribution is -2.42. The van der Waals surface area contributed by atoms with Crippen molar-refractivity contribution in [2.75, 3.05) is 11.9 Å². The van der Waals surface area contributed by atoms with Crippen LogP contribution in [0.1, 0.15) is 38.8 Å². The second-order valence-electron chi connectivity index (χ2n) is 8.45. The fourth-order valence-electron chi connectivity index (χ4n) is 3.26. The Hall–Kier alpha value is -2.93. The van der Waals surface area contributed by atoms with Crippen LogP contribution in [0.3, 0.4) is 0 Å². The van der Waals surface area contributed by atoms with Gasteiger partial charge >= 0.3 is 6.03 Å². The summed E-state index contributed by atoms with van der Waals surface area (Å²) in [5.41, 5.74) is 0.671. The number of anilines is 1. The van der Waals surface area contributed by atoms with Crippen molar-refractivity contribution in [2.45, 2.75) is 38.6 Å². The van der Waals surface area contributed by atoms with E-state index in [1.807, 2.05) is 24.3 Å². The lowest BCUT2D eigenvalue weighted by molar-refractivity contribution is -0.133. The van der Waals surface area contributed by atoms with Crippen LogP contribution in [0.15, 0.2) is 42.5 Å². The molecular formula is C22H23ClFN3O3. The van der Waals surface area contributed by atoms with Gasteiger partial charge in [-0.25, -0.2) is 9.18 Å². The number of hydrogen-bond donors (Lipinski definition) is 2. The number of urea groups is 1. The lowest BCUT2D eigenvalue weighted by Gasteiger charge is -2.24. The van der Waals surface area contributed by atoms with Crippen molar-refractivity contribution in [3.8, 4) is 0 Å². The third-order valence-corrected chi connectivity index (χ3v) is 5.40. The molecule has 0 spiro atoms. The van der Waals surface area contributed by atoms with Crippen LogP contribution in [0.25, 0.3) is 0 Å². The lowest BCUT2D eigenvalue weighted by atomic mass is 9.84. The highest BCUT2D eigenvalue weighted by molar-refractivity contribution is 6.31. The molecule has 0 bridgehead atoms. The molecule has 1 aliphatic heterocycles. The Labute approximate surface area is 179 Å². The van der Waals surface area contributed by atoms with Crippen LogP contribution >= 0.6 is 11.6 Å². The second-order valence-corrected chi connectivity index (χ2v) is 8.86. The van der Waals surface area contributed by atoms with Crippen LogP contribution in [0.4, 0.5) is 14.9 Å². The molecule has 2 N–H and O–H groups in total. The molecule has 1 heterocycles. The normalized spacial score (nSPS) is 19.1. The van der Waals surface area contributed by atoms with E-state index in [-0.39, 0.29) is 16.1 Å². The number of carbonyl (C=O) groups is 3. The van der Waals surface area contributed by atoms with E-state index < -0.39 is 35.7 Å². The molecular weight excluding hydrogens is 409 g/mol. The Morgan fingerprint density at radius 1 is 1.17 bits per heavy atom. The molecule has 1 atom stereocenters. The number of halogens is 2. The fraction of sp³-hybridized carbons (Fsp3) is 0.318. The summed E-state index contributed by atoms with van der Waals surface area (Å²) in [5, 5.41) is 5.04. The van der Waals surface area contributed by atoms with E-state index in [0.29, 0.717) is 5.56 Å². The molecule has 0 radical (unpaired) electrons. The maximum atomic E-state index is 13.3. The van der Waals surface area contributed by atoms with E-state index in [1.165, 1.54) is 12.1 Å². The molecule has 4 amide bonds. The molecule has 2 aromatic carbocycles. The summed E-state index contributed by atoms with van der Waals surface area (Å²) in [6.07, 6.45) is 0. The monoisotopic (exact) mass is 431 g/mol. The minimum atomic E-state index is -1.27. The number of nitrogens with one attached hydrogen (secondary N) is 2. The van der Waals surface area contributed by atoms with Crippen molar-refractivity contribution in [3.63, 3.8) is 0 Å². The number of imide groups is 1. The van der Waals surface area contributed by atoms with Gasteiger partial charge in [0.25, 0.3) is 5.91 Å². The first-order valence-electron chi connectivity index (χ1n) is 9.42. The molecule has 1 fully saturated rings. The maximum absolute atomic E-state index is 13.3. The molecule has 8 heteroatoms. The number of rotatable bonds is 4. The third kappa shape index (κ3) is 4.16. The van der Waals surface area contributed by atoms with Crippen LogP contribution in [0, 0.1) is 5.82 Å². The summed E-state index contributed by atoms with van der Waals surface area (Å²) in [6.45, 7) is 7.38. The van der Waals surface area contributed by atoms with E-state index in [0.717, 1.165) is 16.5 Å². The zero-order valence-electron chi connectivity index (χ0n) is 17.2. The first-order valence-corrected chi connectivity index (χ1v) is 9.79. The van der Waals surface area contributed by atoms with Crippen LogP contribution in [-0.2, 0) is 20.5 Å². The van der Waals surface area contributed by atoms with Crippen molar-refractivity contribution >= 4 is 35.1 Å². The molecule has 1 aliphatic rings. The summed E-state index contributed by atoms with van der Waals surface area (Å²) in [4.78, 5) is 38.6. The Balaban J connectivity index is 1.75. The zero-order valence-corrected chi connectivity index (χ0v) is 17.9. The molecule has 30 heavy (non-hydrogen) atoms. The van der Waals surface area contributed by atoms with Crippen LogP contribution in [0.2, 0.25) is 5.02 Å². The van der Waals surface area contributed by atoms with E-state index in [2.05, 4.69) is 31.4 Å². The van der Waals surface area contributed by atoms with Gasteiger partial charge in [-0.2, -0.15) is 0 Å². The van der Waals surface area contributed by atoms with Gasteiger partial charge in [-0.15, -0.1) is 0 Å². The minimum Gasteiger partial charge on any atom is -0.324 e. The summed E-state index contributed by atoms with van der Waals surface area (Å²) in [5.74, 6) is -1.74. The quantitative estimate of drug-likeness (QED) is 0.713. The Morgan fingerprint density at radius 2 is 1.80 bits per heavy atom. The molecule has 6 nitrogen and oxygen atoms in total. The highest BCUT2D eigenvalue weighted by Crippen LogP contribution is 2.31. The Bertz CT molecular complexity index is 1020. The standard InChI is InChI=1S/C22H23ClFN3O3/c1-21(2,3)13-5-7-14(8-6-13)22(4)19(29)27(20(30)26-22)12-18(28)25-15-9-10-17(24)16(23)11-15/h5-11H,12H2,1-4H3,(H,25,28)(H,26,30). The first-order chi connectivity index (χ1) is 13.9. The van der Waals surface area contributed by atoms with Crippen LogP contribution < -0.4 is 10.6 Å². The largest absolute Gasteiger partial charge is 0.325 e. The van der Waals surface area contributed by atoms with Gasteiger partial charge in [0, 0.05) is 5.69 Å². The van der Waals surface area contributed by atoms with Crippen LogP contribution in [-0.4, -0.2) is 29.3 Å². The first kappa shape index (κ1) is 21.8. The average Bonchev–Trinajstić information content (AvgIpc) is 2.88. The smallest absolute Gasteiger partial charge is 0.324 e. The third-order valence-electron chi connectivity index (χ3n) is 5.11. The number of benzene rings is 2. The predicted molar refractivity (Wildman–Crippen MR) is 113 cm³/mol. The van der Waals surface area contributed by atoms with Gasteiger partial charge in [0.2, 0.25) is 5.91 Å². The van der Waals surface area contributed by atoms with E-state index >= 15 is 0 Å². The zero-order chi connectivity index (χ0) is 22.3. The molecule has 0 aromatic heterocycles. The Kier molecular flexibility index (Phi) is 5.60. The van der Waals surface area contributed by atoms with Gasteiger partial charge in [-0.1, -0.05) is 56.6 Å². The number of amides is 4. The molecule has 3 rings (SSSR count). The van der Waals surface area contributed by atoms with Gasteiger partial charge in [-0.05, 0) is 41.7 Å². The molecule has 1 unspecified atom stereocenters. The van der Waals surface area contributed by atoms with Crippen molar-refractivity contribution in [2.24, 2.45) is 0 Å². The number of nitrogens with zero attached hydrogens (tertiary/aromatic N) is 1. The number of carbonyl (C=O) groups excluding carboxylic acids is 3. The second kappa shape index (κ2) is 7.72. The van der Waals surface area contributed by atoms with Gasteiger partial charge in [0.05, 0.1) is 5.02 Å². The van der Waals surface area contributed by atoms with Gasteiger partial charge in [0.1, 0.15) is 17.9 Å². The molecule has 0 saturated carbocycles. The number of hydrogen-bond acceptors (Lipinski definition) is 3. The molecule has 1 saturated heterocycles. The van der Waals surface area contributed by atoms with Gasteiger partial charge < -0.3 is 10.6 Å². The van der Waals surface area contributed by atoms with Crippen LogP contribution in [0.5, 0.6) is 0 Å². The topological polar surface area (TPSA) is 78.5 Å². The van der Waals surface area contributed by atoms with E-state index in [4.69, 9.17) is 11.6 Å². The Morgan fingerprint density at radius 3 is 2.37 bits per heavy atom. The van der Waals surface area contributed by atoms with Crippen molar-refractivity contribution in [3.05, 3.63) is 64.4 Å². The van der Waals surface area contributed by atoms with E-state index in [9.17, 15) is 18.8 Å². The summed E-state index contributed by atoms with van der Waals surface area (Å²) >= 11 is 5.70. The average molecular weight is 432 g/mol. The van der Waals surface area contributed by atoms with Crippen molar-refractivity contribution in [1.29, 1.82) is 0 Å². The summed E-state index contributed by atoms with van der Waals surface area (Å²) in [7, 11) is 0. The summed E-state index contributed by atoms with van der Waals surface area (Å²) in [6, 6.07) is 10.5. The SMILES string of the molecule is CC(C)(C)c1ccc(C2(C)NC(=O)N(CC(=O)Nc3ccc(F)c(Cl)c3)C2=O)cc1. The van der Waals surface area contributed by atoms with Crippen molar-refractivity contribution < 1.29 is 18.8 Å².